The van der Waals surface area contributed by atoms with Gasteiger partial charge < -0.3 is 20.7 Å². The van der Waals surface area contributed by atoms with Gasteiger partial charge in [-0.3, -0.25) is 14.8 Å². The van der Waals surface area contributed by atoms with E-state index in [4.69, 9.17) is 9.94 Å². The van der Waals surface area contributed by atoms with E-state index in [2.05, 4.69) is 16.0 Å². The van der Waals surface area contributed by atoms with Gasteiger partial charge in [0.15, 0.2) is 0 Å². The van der Waals surface area contributed by atoms with Crippen LogP contribution in [0.25, 0.3) is 0 Å². The molecule has 0 aliphatic carbocycles. The molecular formula is C24H32N4O5. The Bertz CT molecular complexity index is 879. The van der Waals surface area contributed by atoms with E-state index in [0.29, 0.717) is 13.0 Å². The molecule has 3 amide bonds. The van der Waals surface area contributed by atoms with Crippen LogP contribution in [-0.4, -0.2) is 41.7 Å². The Morgan fingerprint density at radius 3 is 2.12 bits per heavy atom. The Morgan fingerprint density at radius 2 is 1.55 bits per heavy atom. The van der Waals surface area contributed by atoms with Crippen molar-refractivity contribution in [1.82, 2.24) is 21.4 Å². The number of carbonyl (C=O) groups excluding carboxylic acids is 3. The number of hydrogen-bond donors (Lipinski definition) is 5. The molecule has 0 aliphatic heterocycles. The van der Waals surface area contributed by atoms with Crippen molar-refractivity contribution in [2.75, 3.05) is 6.54 Å². The molecule has 0 heterocycles. The second kappa shape index (κ2) is 13.9. The van der Waals surface area contributed by atoms with E-state index in [1.807, 2.05) is 74.5 Å². The number of hydroxylamine groups is 1. The highest BCUT2D eigenvalue weighted by atomic mass is 16.5. The molecule has 0 saturated carbocycles. The summed E-state index contributed by atoms with van der Waals surface area (Å²) in [7, 11) is 0. The fourth-order valence-corrected chi connectivity index (χ4v) is 3.08. The van der Waals surface area contributed by atoms with E-state index in [0.717, 1.165) is 11.1 Å². The Labute approximate surface area is 193 Å². The molecule has 0 aromatic heterocycles. The molecule has 0 spiro atoms. The number of hydrogen-bond acceptors (Lipinski definition) is 6. The molecule has 2 aromatic carbocycles. The monoisotopic (exact) mass is 456 g/mol. The average Bonchev–Trinajstić information content (AvgIpc) is 2.86. The lowest BCUT2D eigenvalue weighted by molar-refractivity contribution is -0.131. The van der Waals surface area contributed by atoms with Gasteiger partial charge in [0.2, 0.25) is 5.91 Å². The maximum absolute atomic E-state index is 12.8. The lowest BCUT2D eigenvalue weighted by Crippen LogP contribution is -2.55. The quantitative estimate of drug-likeness (QED) is 0.246. The zero-order chi connectivity index (χ0) is 24.1. The van der Waals surface area contributed by atoms with Crippen molar-refractivity contribution in [3.63, 3.8) is 0 Å². The zero-order valence-corrected chi connectivity index (χ0v) is 18.9. The minimum Gasteiger partial charge on any atom is -0.445 e. The van der Waals surface area contributed by atoms with Crippen LogP contribution in [0, 0.1) is 5.92 Å². The Morgan fingerprint density at radius 1 is 0.939 bits per heavy atom. The molecule has 5 N–H and O–H groups in total. The molecule has 0 aliphatic rings. The van der Waals surface area contributed by atoms with Crippen LogP contribution in [0.2, 0.25) is 0 Å². The first-order valence-corrected chi connectivity index (χ1v) is 10.9. The third-order valence-corrected chi connectivity index (χ3v) is 5.28. The molecule has 3 atom stereocenters. The van der Waals surface area contributed by atoms with Crippen molar-refractivity contribution in [2.24, 2.45) is 5.92 Å². The summed E-state index contributed by atoms with van der Waals surface area (Å²) in [4.78, 5) is 37.2. The number of rotatable bonds is 12. The summed E-state index contributed by atoms with van der Waals surface area (Å²) in [5.74, 6) is -1.29. The minimum absolute atomic E-state index is 0.0776. The number of alkyl carbamates (subject to hydrolysis) is 1. The van der Waals surface area contributed by atoms with Crippen molar-refractivity contribution < 1.29 is 24.3 Å². The first-order valence-electron chi connectivity index (χ1n) is 10.9. The maximum atomic E-state index is 12.8. The zero-order valence-electron chi connectivity index (χ0n) is 18.9. The highest BCUT2D eigenvalue weighted by Crippen LogP contribution is 2.09. The predicted octanol–water partition coefficient (Wildman–Crippen LogP) is 2.11. The van der Waals surface area contributed by atoms with Crippen molar-refractivity contribution in [3.8, 4) is 0 Å². The molecular weight excluding hydrogens is 424 g/mol. The lowest BCUT2D eigenvalue weighted by atomic mass is 9.98. The van der Waals surface area contributed by atoms with E-state index in [-0.39, 0.29) is 19.1 Å². The lowest BCUT2D eigenvalue weighted by Gasteiger charge is -2.24. The van der Waals surface area contributed by atoms with Crippen LogP contribution in [0.15, 0.2) is 60.7 Å². The fourth-order valence-electron chi connectivity index (χ4n) is 3.08. The molecule has 0 bridgehead atoms. The van der Waals surface area contributed by atoms with Crippen LogP contribution < -0.4 is 21.4 Å². The van der Waals surface area contributed by atoms with E-state index in [1.165, 1.54) is 0 Å². The van der Waals surface area contributed by atoms with Crippen LogP contribution in [0.5, 0.6) is 0 Å². The van der Waals surface area contributed by atoms with Gasteiger partial charge in [0.1, 0.15) is 18.7 Å². The largest absolute Gasteiger partial charge is 0.445 e. The smallest absolute Gasteiger partial charge is 0.408 e. The molecule has 2 rings (SSSR count). The molecule has 0 saturated heterocycles. The van der Waals surface area contributed by atoms with Gasteiger partial charge in [-0.15, -0.1) is 0 Å². The summed E-state index contributed by atoms with van der Waals surface area (Å²) < 4.78 is 5.23. The van der Waals surface area contributed by atoms with E-state index < -0.39 is 30.0 Å². The van der Waals surface area contributed by atoms with Gasteiger partial charge in [-0.25, -0.2) is 10.3 Å². The number of benzene rings is 2. The molecule has 178 valence electrons. The topological polar surface area (TPSA) is 129 Å². The molecule has 2 aromatic rings. The first-order chi connectivity index (χ1) is 15.9. The maximum Gasteiger partial charge on any atom is 0.408 e. The molecule has 33 heavy (non-hydrogen) atoms. The van der Waals surface area contributed by atoms with Gasteiger partial charge in [-0.1, -0.05) is 80.9 Å². The van der Waals surface area contributed by atoms with E-state index in [9.17, 15) is 14.4 Å². The van der Waals surface area contributed by atoms with Crippen LogP contribution >= 0.6 is 0 Å². The van der Waals surface area contributed by atoms with E-state index in [1.54, 1.807) is 5.48 Å². The summed E-state index contributed by atoms with van der Waals surface area (Å²) in [6.45, 7) is 4.13. The highest BCUT2D eigenvalue weighted by Gasteiger charge is 2.28. The minimum atomic E-state index is -0.873. The van der Waals surface area contributed by atoms with Crippen LogP contribution in [0.3, 0.4) is 0 Å². The summed E-state index contributed by atoms with van der Waals surface area (Å²) in [5, 5.41) is 17.4. The summed E-state index contributed by atoms with van der Waals surface area (Å²) >= 11 is 0. The number of nitrogens with one attached hydrogen (secondary N) is 4. The molecule has 1 unspecified atom stereocenters. The third kappa shape index (κ3) is 8.91. The Balaban J connectivity index is 1.92. The third-order valence-electron chi connectivity index (χ3n) is 5.28. The van der Waals surface area contributed by atoms with Crippen molar-refractivity contribution in [2.45, 2.75) is 45.5 Å². The summed E-state index contributed by atoms with van der Waals surface area (Å²) in [5.41, 5.74) is 3.39. The van der Waals surface area contributed by atoms with Gasteiger partial charge >= 0.3 is 6.09 Å². The van der Waals surface area contributed by atoms with Crippen molar-refractivity contribution in [1.29, 1.82) is 0 Å². The standard InChI is InChI=1S/C24H32N4O5/c1-3-17(2)21(27-24(31)33-16-19-12-8-5-9-13-19)23(30)26-15-20(22(29)28-32)25-14-18-10-6-4-7-11-18/h4-13,17,20-21,25,32H,3,14-16H2,1-2H3,(H,26,30)(H,27,31)(H,28,29)/t17-,20?,21-/m1/s1. The number of ether oxygens (including phenoxy) is 1. The van der Waals surface area contributed by atoms with Gasteiger partial charge in [-0.2, -0.15) is 0 Å². The predicted molar refractivity (Wildman–Crippen MR) is 123 cm³/mol. The Hall–Kier alpha value is -3.43. The summed E-state index contributed by atoms with van der Waals surface area (Å²) in [6.07, 6.45) is -0.0599. The van der Waals surface area contributed by atoms with Crippen LogP contribution in [0.4, 0.5) is 4.79 Å². The Kier molecular flexibility index (Phi) is 10.9. The molecule has 0 fully saturated rings. The highest BCUT2D eigenvalue weighted by molar-refractivity contribution is 5.87. The van der Waals surface area contributed by atoms with Crippen LogP contribution in [-0.2, 0) is 27.5 Å². The van der Waals surface area contributed by atoms with E-state index >= 15 is 0 Å². The number of amides is 3. The summed E-state index contributed by atoms with van der Waals surface area (Å²) in [6, 6.07) is 16.9. The number of carbonyl (C=O) groups is 3. The molecule has 9 nitrogen and oxygen atoms in total. The van der Waals surface area contributed by atoms with Crippen LogP contribution in [0.1, 0.15) is 31.4 Å². The SMILES string of the molecule is CC[C@@H](C)[C@@H](NC(=O)OCc1ccccc1)C(=O)NCC(NCc1ccccc1)C(=O)NO. The second-order valence-electron chi connectivity index (χ2n) is 7.71. The van der Waals surface area contributed by atoms with Gasteiger partial charge in [0.25, 0.3) is 5.91 Å². The normalized spacial score (nSPS) is 13.3. The molecule has 0 radical (unpaired) electrons. The average molecular weight is 457 g/mol. The second-order valence-corrected chi connectivity index (χ2v) is 7.71. The van der Waals surface area contributed by atoms with Gasteiger partial charge in [0, 0.05) is 13.1 Å². The van der Waals surface area contributed by atoms with Crippen molar-refractivity contribution >= 4 is 17.9 Å². The van der Waals surface area contributed by atoms with Crippen molar-refractivity contribution in [3.05, 3.63) is 71.8 Å². The van der Waals surface area contributed by atoms with Gasteiger partial charge in [-0.05, 0) is 17.0 Å². The fraction of sp³-hybridized carbons (Fsp3) is 0.375. The first kappa shape index (κ1) is 25.8. The molecule has 9 heteroatoms. The van der Waals surface area contributed by atoms with Gasteiger partial charge in [0.05, 0.1) is 0 Å².